The van der Waals surface area contributed by atoms with E-state index in [1.165, 1.54) is 0 Å². The maximum absolute atomic E-state index is 11.3. The van der Waals surface area contributed by atoms with Gasteiger partial charge >= 0.3 is 12.0 Å². The molecule has 1 saturated heterocycles. The number of nitrogens with zero attached hydrogens (tertiary/aromatic N) is 1. The number of rotatable bonds is 7. The molecule has 17 heavy (non-hydrogen) atoms. The predicted octanol–water partition coefficient (Wildman–Crippen LogP) is 0.963. The van der Waals surface area contributed by atoms with Crippen molar-refractivity contribution in [2.75, 3.05) is 13.1 Å². The van der Waals surface area contributed by atoms with E-state index in [0.29, 0.717) is 25.9 Å². The van der Waals surface area contributed by atoms with Crippen molar-refractivity contribution in [3.8, 4) is 0 Å². The van der Waals surface area contributed by atoms with E-state index in [0.717, 1.165) is 19.3 Å². The highest BCUT2D eigenvalue weighted by Gasteiger charge is 2.21. The van der Waals surface area contributed by atoms with Crippen LogP contribution in [0, 0.1) is 0 Å². The van der Waals surface area contributed by atoms with Gasteiger partial charge in [0.1, 0.15) is 0 Å². The molecule has 0 bridgehead atoms. The van der Waals surface area contributed by atoms with Gasteiger partial charge in [-0.25, -0.2) is 4.79 Å². The second-order valence-corrected chi connectivity index (χ2v) is 4.15. The molecule has 0 saturated carbocycles. The Morgan fingerprint density at radius 3 is 2.59 bits per heavy atom. The number of carbonyl (C=O) groups is 3. The van der Waals surface area contributed by atoms with Crippen LogP contribution in [0.15, 0.2) is 0 Å². The maximum atomic E-state index is 11.3. The number of carbonyl (C=O) groups excluding carboxylic acids is 2. The summed E-state index contributed by atoms with van der Waals surface area (Å²) in [7, 11) is 0. The van der Waals surface area contributed by atoms with Gasteiger partial charge in [-0.15, -0.1) is 0 Å². The first kappa shape index (κ1) is 13.5. The van der Waals surface area contributed by atoms with Gasteiger partial charge in [-0.2, -0.15) is 0 Å². The third kappa shape index (κ3) is 5.33. The molecule has 6 heteroatoms. The molecule has 0 spiro atoms. The number of unbranched alkanes of at least 4 members (excludes halogenated alkanes) is 3. The Morgan fingerprint density at radius 2 is 1.94 bits per heavy atom. The van der Waals surface area contributed by atoms with Gasteiger partial charge in [0.15, 0.2) is 0 Å². The predicted molar refractivity (Wildman–Crippen MR) is 60.4 cm³/mol. The van der Waals surface area contributed by atoms with Gasteiger partial charge in [-0.1, -0.05) is 12.8 Å². The van der Waals surface area contributed by atoms with E-state index in [-0.39, 0.29) is 18.4 Å². The van der Waals surface area contributed by atoms with Crippen molar-refractivity contribution < 1.29 is 19.5 Å². The molecule has 2 N–H and O–H groups in total. The van der Waals surface area contributed by atoms with Crippen LogP contribution in [0.5, 0.6) is 0 Å². The average Bonchev–Trinajstić information content (AvgIpc) is 2.25. The van der Waals surface area contributed by atoms with Crippen LogP contribution in [-0.4, -0.2) is 41.0 Å². The lowest BCUT2D eigenvalue weighted by atomic mass is 10.1. The molecule has 3 amide bonds. The number of amides is 3. The summed E-state index contributed by atoms with van der Waals surface area (Å²) in [6.07, 6.45) is 3.87. The fourth-order valence-electron chi connectivity index (χ4n) is 1.74. The molecule has 0 atom stereocenters. The van der Waals surface area contributed by atoms with Crippen LogP contribution in [-0.2, 0) is 9.59 Å². The summed E-state index contributed by atoms with van der Waals surface area (Å²) in [5.74, 6) is -0.980. The topological polar surface area (TPSA) is 86.7 Å². The number of carboxylic acid groups (broad SMARTS) is 1. The van der Waals surface area contributed by atoms with E-state index in [9.17, 15) is 14.4 Å². The smallest absolute Gasteiger partial charge is 0.324 e. The van der Waals surface area contributed by atoms with Crippen LogP contribution in [0.2, 0.25) is 0 Å². The highest BCUT2D eigenvalue weighted by Crippen LogP contribution is 2.07. The number of hydrogen-bond donors (Lipinski definition) is 2. The quantitative estimate of drug-likeness (QED) is 0.651. The van der Waals surface area contributed by atoms with Crippen LogP contribution < -0.4 is 5.32 Å². The van der Waals surface area contributed by atoms with E-state index < -0.39 is 5.97 Å². The molecule has 0 aromatic heterocycles. The second kappa shape index (κ2) is 6.88. The molecule has 0 radical (unpaired) electrons. The summed E-state index contributed by atoms with van der Waals surface area (Å²) in [6, 6.07) is -0.313. The molecule has 1 rings (SSSR count). The van der Waals surface area contributed by atoms with Crippen molar-refractivity contribution in [1.82, 2.24) is 10.2 Å². The SMILES string of the molecule is O=C(O)CCCCCCN1CCC(=O)NC1=O. The first-order valence-electron chi connectivity index (χ1n) is 5.90. The summed E-state index contributed by atoms with van der Waals surface area (Å²) in [5.41, 5.74) is 0. The Kier molecular flexibility index (Phi) is 5.45. The van der Waals surface area contributed by atoms with E-state index >= 15 is 0 Å². The van der Waals surface area contributed by atoms with Gasteiger partial charge < -0.3 is 10.0 Å². The van der Waals surface area contributed by atoms with Crippen molar-refractivity contribution in [2.24, 2.45) is 0 Å². The van der Waals surface area contributed by atoms with Gasteiger partial charge in [0, 0.05) is 25.9 Å². The molecule has 1 aliphatic heterocycles. The maximum Gasteiger partial charge on any atom is 0.324 e. The lowest BCUT2D eigenvalue weighted by molar-refractivity contribution is -0.137. The Hall–Kier alpha value is -1.59. The molecule has 0 aliphatic carbocycles. The minimum atomic E-state index is -0.765. The zero-order valence-electron chi connectivity index (χ0n) is 9.78. The van der Waals surface area contributed by atoms with E-state index in [2.05, 4.69) is 5.32 Å². The normalized spacial score (nSPS) is 15.9. The van der Waals surface area contributed by atoms with Crippen LogP contribution in [0.4, 0.5) is 4.79 Å². The molecule has 1 heterocycles. The molecule has 0 unspecified atom stereocenters. The minimum absolute atomic E-state index is 0.207. The van der Waals surface area contributed by atoms with Gasteiger partial charge in [-0.05, 0) is 12.8 Å². The van der Waals surface area contributed by atoms with Gasteiger partial charge in [0.2, 0.25) is 5.91 Å². The highest BCUT2D eigenvalue weighted by molar-refractivity contribution is 5.96. The molecular formula is C11H18N2O4. The van der Waals surface area contributed by atoms with Crippen LogP contribution >= 0.6 is 0 Å². The Bertz CT molecular complexity index is 304. The van der Waals surface area contributed by atoms with E-state index in [1.54, 1.807) is 4.90 Å². The molecule has 0 aromatic rings. The zero-order valence-corrected chi connectivity index (χ0v) is 9.78. The summed E-state index contributed by atoms with van der Waals surface area (Å²) in [5, 5.41) is 10.7. The molecule has 1 aliphatic rings. The van der Waals surface area contributed by atoms with Gasteiger partial charge in [0.05, 0.1) is 0 Å². The number of hydrogen-bond acceptors (Lipinski definition) is 3. The lowest BCUT2D eigenvalue weighted by Crippen LogP contribution is -2.49. The number of aliphatic carboxylic acids is 1. The average molecular weight is 242 g/mol. The van der Waals surface area contributed by atoms with Crippen LogP contribution in [0.1, 0.15) is 38.5 Å². The third-order valence-electron chi connectivity index (χ3n) is 2.71. The molecular weight excluding hydrogens is 224 g/mol. The van der Waals surface area contributed by atoms with E-state index in [4.69, 9.17) is 5.11 Å². The van der Waals surface area contributed by atoms with E-state index in [1.807, 2.05) is 0 Å². The first-order valence-corrected chi connectivity index (χ1v) is 5.90. The zero-order chi connectivity index (χ0) is 12.7. The van der Waals surface area contributed by atoms with Crippen molar-refractivity contribution >= 4 is 17.9 Å². The van der Waals surface area contributed by atoms with Crippen LogP contribution in [0.25, 0.3) is 0 Å². The van der Waals surface area contributed by atoms with Crippen molar-refractivity contribution in [1.29, 1.82) is 0 Å². The van der Waals surface area contributed by atoms with Crippen LogP contribution in [0.3, 0.4) is 0 Å². The number of nitrogens with one attached hydrogen (secondary N) is 1. The number of imide groups is 1. The molecule has 6 nitrogen and oxygen atoms in total. The second-order valence-electron chi connectivity index (χ2n) is 4.15. The van der Waals surface area contributed by atoms with Crippen molar-refractivity contribution in [3.63, 3.8) is 0 Å². The highest BCUT2D eigenvalue weighted by atomic mass is 16.4. The first-order chi connectivity index (χ1) is 8.09. The summed E-state index contributed by atoms with van der Waals surface area (Å²) in [4.78, 5) is 34.1. The van der Waals surface area contributed by atoms with Crippen molar-refractivity contribution in [2.45, 2.75) is 38.5 Å². The summed E-state index contributed by atoms with van der Waals surface area (Å²) >= 11 is 0. The number of carboxylic acids is 1. The Labute approximate surface area is 100.0 Å². The summed E-state index contributed by atoms with van der Waals surface area (Å²) < 4.78 is 0. The Morgan fingerprint density at radius 1 is 1.24 bits per heavy atom. The van der Waals surface area contributed by atoms with Crippen molar-refractivity contribution in [3.05, 3.63) is 0 Å². The minimum Gasteiger partial charge on any atom is -0.481 e. The third-order valence-corrected chi connectivity index (χ3v) is 2.71. The molecule has 1 fully saturated rings. The van der Waals surface area contributed by atoms with Gasteiger partial charge in [0.25, 0.3) is 0 Å². The largest absolute Gasteiger partial charge is 0.481 e. The lowest BCUT2D eigenvalue weighted by Gasteiger charge is -2.26. The Balaban J connectivity index is 2.04. The fraction of sp³-hybridized carbons (Fsp3) is 0.727. The standard InChI is InChI=1S/C11H18N2O4/c14-9-6-8-13(11(17)12-9)7-4-2-1-3-5-10(15)16/h1-8H2,(H,15,16)(H,12,14,17). The molecule has 96 valence electrons. The number of urea groups is 1. The summed E-state index contributed by atoms with van der Waals surface area (Å²) in [6.45, 7) is 1.12. The monoisotopic (exact) mass is 242 g/mol. The van der Waals surface area contributed by atoms with Gasteiger partial charge in [-0.3, -0.25) is 14.9 Å². The fourth-order valence-corrected chi connectivity index (χ4v) is 1.74. The molecule has 0 aromatic carbocycles.